The average Bonchev–Trinajstić information content (AvgIpc) is 3.28. The van der Waals surface area contributed by atoms with E-state index in [1.807, 2.05) is 0 Å². The minimum atomic E-state index is -4.60. The molecule has 2 fully saturated rings. The maximum atomic E-state index is 14.5. The molecule has 5 atom stereocenters. The number of hydrogen-bond acceptors (Lipinski definition) is 5. The number of nitrogens with one attached hydrogen (secondary N) is 1. The van der Waals surface area contributed by atoms with Crippen molar-refractivity contribution < 1.29 is 26.3 Å². The van der Waals surface area contributed by atoms with Gasteiger partial charge in [0.05, 0.1) is 0 Å². The molecule has 176 valence electrons. The van der Waals surface area contributed by atoms with Gasteiger partial charge in [0.2, 0.25) is 5.95 Å². The maximum Gasteiger partial charge on any atom is 0.410 e. The van der Waals surface area contributed by atoms with Crippen molar-refractivity contribution in [2.24, 2.45) is 11.8 Å². The molecule has 2 unspecified atom stereocenters. The Morgan fingerprint density at radius 2 is 1.70 bits per heavy atom. The molecule has 1 saturated carbocycles. The number of fused-ring (bicyclic) bond motifs is 3. The second kappa shape index (κ2) is 7.81. The number of piperidine rings is 1. The number of likely N-dealkylation sites (tertiary alicyclic amines) is 1. The number of anilines is 1. The Morgan fingerprint density at radius 3 is 2.33 bits per heavy atom. The summed E-state index contributed by atoms with van der Waals surface area (Å²) in [5.74, 6) is -5.38. The number of benzene rings is 1. The van der Waals surface area contributed by atoms with Crippen LogP contribution in [-0.4, -0.2) is 45.0 Å². The lowest BCUT2D eigenvalue weighted by molar-refractivity contribution is -0.175. The normalized spacial score (nSPS) is 29.0. The van der Waals surface area contributed by atoms with Crippen molar-refractivity contribution in [1.29, 1.82) is 5.26 Å². The van der Waals surface area contributed by atoms with Crippen LogP contribution in [0.3, 0.4) is 0 Å². The fraction of sp³-hybridized carbons (Fsp3) is 0.571. The van der Waals surface area contributed by atoms with Crippen LogP contribution in [0.1, 0.15) is 49.0 Å². The number of aromatic nitrogens is 3. The Bertz CT molecular complexity index is 1090. The van der Waals surface area contributed by atoms with E-state index in [9.17, 15) is 31.6 Å². The molecule has 1 aliphatic carbocycles. The van der Waals surface area contributed by atoms with E-state index in [1.165, 1.54) is 0 Å². The zero-order chi connectivity index (χ0) is 23.5. The SMILES string of the molecule is N#CN1C[C@H]2CC[C@@H](C1)[C@@H]2Nc1nc2n(n1)C(C(F)(F)F)CCC2c1ccc(F)c(F)c1F. The van der Waals surface area contributed by atoms with Crippen LogP contribution in [-0.2, 0) is 0 Å². The summed E-state index contributed by atoms with van der Waals surface area (Å²) < 4.78 is 83.6. The molecule has 0 amide bonds. The Kier molecular flexibility index (Phi) is 5.17. The van der Waals surface area contributed by atoms with Gasteiger partial charge in [0, 0.05) is 30.6 Å². The van der Waals surface area contributed by atoms with Crippen LogP contribution >= 0.6 is 0 Å². The number of hydrogen-bond donors (Lipinski definition) is 1. The topological polar surface area (TPSA) is 69.8 Å². The quantitative estimate of drug-likeness (QED) is 0.411. The molecule has 2 aliphatic heterocycles. The Morgan fingerprint density at radius 1 is 1.00 bits per heavy atom. The van der Waals surface area contributed by atoms with Crippen LogP contribution < -0.4 is 5.32 Å². The van der Waals surface area contributed by atoms with Gasteiger partial charge >= 0.3 is 6.18 Å². The van der Waals surface area contributed by atoms with E-state index in [0.29, 0.717) is 13.1 Å². The van der Waals surface area contributed by atoms with Crippen LogP contribution in [0.25, 0.3) is 0 Å². The largest absolute Gasteiger partial charge is 0.410 e. The lowest BCUT2D eigenvalue weighted by Crippen LogP contribution is -2.46. The first kappa shape index (κ1) is 21.9. The smallest absolute Gasteiger partial charge is 0.350 e. The Labute approximate surface area is 185 Å². The van der Waals surface area contributed by atoms with Gasteiger partial charge in [-0.15, -0.1) is 5.10 Å². The Hall–Kier alpha value is -2.97. The van der Waals surface area contributed by atoms with Crippen LogP contribution in [0.2, 0.25) is 0 Å². The standard InChI is InChI=1S/C21H20F6N6/c22-14-5-3-12(16(23)17(14)24)13-4-6-15(21(25,26)27)33-19(13)30-20(31-33)29-18-10-1-2-11(18)8-32(7-10)9-28/h3,5,10-11,13,15,18H,1-2,4,6-8H2,(H,29,31)/t10-,11+,13?,15?,18-. The molecule has 12 heteroatoms. The van der Waals surface area contributed by atoms with Crippen molar-refractivity contribution in [3.05, 3.63) is 41.0 Å². The number of nitrogens with zero attached hydrogens (tertiary/aromatic N) is 5. The second-order valence-corrected chi connectivity index (χ2v) is 8.96. The van der Waals surface area contributed by atoms with Gasteiger partial charge in [0.1, 0.15) is 11.9 Å². The van der Waals surface area contributed by atoms with Gasteiger partial charge in [-0.1, -0.05) is 6.07 Å². The van der Waals surface area contributed by atoms with E-state index in [0.717, 1.165) is 29.7 Å². The van der Waals surface area contributed by atoms with E-state index in [-0.39, 0.29) is 41.6 Å². The van der Waals surface area contributed by atoms with Crippen molar-refractivity contribution in [2.75, 3.05) is 18.4 Å². The van der Waals surface area contributed by atoms with Crippen LogP contribution in [0.5, 0.6) is 0 Å². The summed E-state index contributed by atoms with van der Waals surface area (Å²) >= 11 is 0. The molecule has 2 aromatic rings. The van der Waals surface area contributed by atoms with Gasteiger partial charge in [-0.25, -0.2) is 17.9 Å². The third-order valence-corrected chi connectivity index (χ3v) is 7.08. The molecule has 5 rings (SSSR count). The summed E-state index contributed by atoms with van der Waals surface area (Å²) in [6, 6.07) is -0.250. The second-order valence-electron chi connectivity index (χ2n) is 8.96. The van der Waals surface area contributed by atoms with Gasteiger partial charge in [0.25, 0.3) is 0 Å². The first-order chi connectivity index (χ1) is 15.7. The first-order valence-electron chi connectivity index (χ1n) is 10.7. The molecule has 1 aromatic carbocycles. The molecular weight excluding hydrogens is 450 g/mol. The van der Waals surface area contributed by atoms with Crippen molar-refractivity contribution in [2.45, 2.75) is 49.9 Å². The fourth-order valence-corrected chi connectivity index (χ4v) is 5.54. The summed E-state index contributed by atoms with van der Waals surface area (Å²) in [5.41, 5.74) is -0.253. The molecule has 1 aromatic heterocycles. The van der Waals surface area contributed by atoms with Crippen molar-refractivity contribution in [3.63, 3.8) is 0 Å². The van der Waals surface area contributed by atoms with E-state index in [4.69, 9.17) is 0 Å². The highest BCUT2D eigenvalue weighted by Gasteiger charge is 2.48. The van der Waals surface area contributed by atoms with Gasteiger partial charge < -0.3 is 10.2 Å². The predicted octanol–water partition coefficient (Wildman–Crippen LogP) is 4.33. The highest BCUT2D eigenvalue weighted by Crippen LogP contribution is 2.45. The molecule has 0 radical (unpaired) electrons. The first-order valence-corrected chi connectivity index (χ1v) is 10.7. The molecule has 3 aliphatic rings. The zero-order valence-electron chi connectivity index (χ0n) is 17.3. The van der Waals surface area contributed by atoms with E-state index < -0.39 is 42.0 Å². The Balaban J connectivity index is 1.50. The fourth-order valence-electron chi connectivity index (χ4n) is 5.54. The molecule has 1 saturated heterocycles. The van der Waals surface area contributed by atoms with Crippen molar-refractivity contribution >= 4 is 5.95 Å². The third-order valence-electron chi connectivity index (χ3n) is 7.08. The predicted molar refractivity (Wildman–Crippen MR) is 103 cm³/mol. The van der Waals surface area contributed by atoms with Crippen LogP contribution in [0.15, 0.2) is 12.1 Å². The summed E-state index contributed by atoms with van der Waals surface area (Å²) in [6.07, 6.45) is -1.24. The average molecular weight is 470 g/mol. The summed E-state index contributed by atoms with van der Waals surface area (Å²) in [7, 11) is 0. The van der Waals surface area contributed by atoms with Crippen LogP contribution in [0.4, 0.5) is 32.3 Å². The molecule has 0 spiro atoms. The van der Waals surface area contributed by atoms with Crippen molar-refractivity contribution in [1.82, 2.24) is 19.7 Å². The zero-order valence-corrected chi connectivity index (χ0v) is 17.3. The van der Waals surface area contributed by atoms with Crippen molar-refractivity contribution in [3.8, 4) is 6.19 Å². The highest BCUT2D eigenvalue weighted by molar-refractivity contribution is 5.35. The number of nitriles is 1. The molecular formula is C21H20F6N6. The lowest BCUT2D eigenvalue weighted by Gasteiger charge is -2.35. The minimum Gasteiger partial charge on any atom is -0.350 e. The number of rotatable bonds is 3. The number of halogens is 6. The van der Waals surface area contributed by atoms with Gasteiger partial charge in [0.15, 0.2) is 23.6 Å². The molecule has 2 bridgehead atoms. The molecule has 33 heavy (non-hydrogen) atoms. The van der Waals surface area contributed by atoms with Gasteiger partial charge in [-0.3, -0.25) is 0 Å². The molecule has 3 heterocycles. The van der Waals surface area contributed by atoms with Gasteiger partial charge in [-0.05, 0) is 43.6 Å². The monoisotopic (exact) mass is 470 g/mol. The summed E-state index contributed by atoms with van der Waals surface area (Å²) in [6.45, 7) is 1.10. The molecule has 1 N–H and O–H groups in total. The van der Waals surface area contributed by atoms with E-state index in [1.54, 1.807) is 4.90 Å². The van der Waals surface area contributed by atoms with Crippen LogP contribution in [0, 0.1) is 40.7 Å². The third kappa shape index (κ3) is 3.67. The summed E-state index contributed by atoms with van der Waals surface area (Å²) in [4.78, 5) is 5.95. The summed E-state index contributed by atoms with van der Waals surface area (Å²) in [5, 5.41) is 16.4. The highest BCUT2D eigenvalue weighted by atomic mass is 19.4. The number of alkyl halides is 3. The van der Waals surface area contributed by atoms with Gasteiger partial charge in [-0.2, -0.15) is 23.4 Å². The van der Waals surface area contributed by atoms with E-state index in [2.05, 4.69) is 21.6 Å². The maximum absolute atomic E-state index is 14.5. The minimum absolute atomic E-state index is 0.0125. The van der Waals surface area contributed by atoms with E-state index >= 15 is 0 Å². The lowest BCUT2D eigenvalue weighted by atomic mass is 9.88. The molecule has 6 nitrogen and oxygen atoms in total.